The number of ether oxygens (including phenoxy) is 1. The Balaban J connectivity index is 1.86. The molecule has 0 radical (unpaired) electrons. The van der Waals surface area contributed by atoms with Gasteiger partial charge in [-0.15, -0.1) is 0 Å². The van der Waals surface area contributed by atoms with Gasteiger partial charge in [0.2, 0.25) is 5.43 Å². The molecule has 2 atom stereocenters. The number of nitrogens with zero attached hydrogens (tertiary/aromatic N) is 3. The van der Waals surface area contributed by atoms with Gasteiger partial charge in [0.1, 0.15) is 10.7 Å². The summed E-state index contributed by atoms with van der Waals surface area (Å²) in [4.78, 5) is 31.9. The smallest absolute Gasteiger partial charge is 0.260 e. The van der Waals surface area contributed by atoms with Crippen LogP contribution in [0, 0.1) is 0 Å². The first-order chi connectivity index (χ1) is 11.6. The average Bonchev–Trinajstić information content (AvgIpc) is 2.84. The third-order valence-corrected chi connectivity index (χ3v) is 5.19. The second-order valence-corrected chi connectivity index (χ2v) is 6.70. The summed E-state index contributed by atoms with van der Waals surface area (Å²) in [5.41, 5.74) is 0.605. The summed E-state index contributed by atoms with van der Waals surface area (Å²) in [5, 5.41) is 0.682. The number of halogens is 1. The van der Waals surface area contributed by atoms with Crippen LogP contribution >= 0.6 is 11.6 Å². The minimum absolute atomic E-state index is 0.0717. The van der Waals surface area contributed by atoms with Crippen molar-refractivity contribution in [3.8, 4) is 0 Å². The molecule has 2 saturated heterocycles. The Morgan fingerprint density at radius 1 is 1.38 bits per heavy atom. The van der Waals surface area contributed by atoms with Crippen LogP contribution in [0.5, 0.6) is 0 Å². The van der Waals surface area contributed by atoms with E-state index in [2.05, 4.69) is 4.98 Å². The van der Waals surface area contributed by atoms with Crippen LogP contribution in [0.25, 0.3) is 10.9 Å². The monoisotopic (exact) mass is 347 g/mol. The summed E-state index contributed by atoms with van der Waals surface area (Å²) in [6.45, 7) is 3.70. The largest absolute Gasteiger partial charge is 0.377 e. The summed E-state index contributed by atoms with van der Waals surface area (Å²) in [6, 6.07) is 1.68. The van der Waals surface area contributed by atoms with Crippen molar-refractivity contribution < 1.29 is 9.53 Å². The van der Waals surface area contributed by atoms with Gasteiger partial charge in [-0.1, -0.05) is 11.6 Å². The fourth-order valence-electron chi connectivity index (χ4n) is 3.78. The Hall–Kier alpha value is -1.92. The predicted molar refractivity (Wildman–Crippen MR) is 90.5 cm³/mol. The molecule has 2 aliphatic rings. The molecule has 2 fully saturated rings. The lowest BCUT2D eigenvalue weighted by molar-refractivity contribution is -0.00725. The molecule has 0 N–H and O–H groups in total. The van der Waals surface area contributed by atoms with Gasteiger partial charge in [0, 0.05) is 12.7 Å². The first-order valence-corrected chi connectivity index (χ1v) is 8.57. The number of carbonyl (C=O) groups excluding carboxylic acids is 1. The van der Waals surface area contributed by atoms with Crippen LogP contribution in [0.15, 0.2) is 23.3 Å². The summed E-state index contributed by atoms with van der Waals surface area (Å²) in [6.07, 6.45) is 5.09. The van der Waals surface area contributed by atoms with E-state index >= 15 is 0 Å². The Kier molecular flexibility index (Phi) is 3.81. The lowest BCUT2D eigenvalue weighted by Crippen LogP contribution is -2.50. The van der Waals surface area contributed by atoms with Crippen LogP contribution in [0.4, 0.5) is 0 Å². The van der Waals surface area contributed by atoms with E-state index < -0.39 is 0 Å². The van der Waals surface area contributed by atoms with E-state index in [-0.39, 0.29) is 34.1 Å². The summed E-state index contributed by atoms with van der Waals surface area (Å²) >= 11 is 5.95. The van der Waals surface area contributed by atoms with Crippen LogP contribution in [0.3, 0.4) is 0 Å². The molecule has 2 bridgehead atoms. The zero-order valence-corrected chi connectivity index (χ0v) is 14.1. The summed E-state index contributed by atoms with van der Waals surface area (Å²) < 4.78 is 7.40. The Morgan fingerprint density at radius 2 is 2.08 bits per heavy atom. The zero-order chi connectivity index (χ0) is 16.8. The molecule has 24 heavy (non-hydrogen) atoms. The van der Waals surface area contributed by atoms with E-state index in [1.165, 1.54) is 6.07 Å². The quantitative estimate of drug-likeness (QED) is 0.780. The number of fused-ring (bicyclic) bond motifs is 3. The van der Waals surface area contributed by atoms with E-state index in [0.29, 0.717) is 30.7 Å². The van der Waals surface area contributed by atoms with Crippen molar-refractivity contribution in [3.05, 3.63) is 39.4 Å². The van der Waals surface area contributed by atoms with Crippen molar-refractivity contribution in [2.45, 2.75) is 38.4 Å². The topological polar surface area (TPSA) is 64.4 Å². The highest BCUT2D eigenvalue weighted by atomic mass is 35.5. The maximum absolute atomic E-state index is 13.1. The summed E-state index contributed by atoms with van der Waals surface area (Å²) in [5.74, 6) is -0.201. The average molecular weight is 348 g/mol. The number of aryl methyl sites for hydroxylation is 1. The van der Waals surface area contributed by atoms with Gasteiger partial charge in [0.15, 0.2) is 0 Å². The SMILES string of the molecule is CCn1cc(C(=O)N2C3CCC2COC3)c(=O)c2cc(Cl)ncc21. The maximum atomic E-state index is 13.1. The van der Waals surface area contributed by atoms with E-state index in [1.54, 1.807) is 12.4 Å². The van der Waals surface area contributed by atoms with Crippen molar-refractivity contribution in [2.75, 3.05) is 13.2 Å². The van der Waals surface area contributed by atoms with Crippen molar-refractivity contribution in [1.29, 1.82) is 0 Å². The predicted octanol–water partition coefficient (Wildman–Crippen LogP) is 2.07. The Bertz CT molecular complexity index is 863. The molecule has 0 saturated carbocycles. The molecule has 1 amide bonds. The van der Waals surface area contributed by atoms with Crippen LogP contribution in [0.1, 0.15) is 30.1 Å². The highest BCUT2D eigenvalue weighted by Gasteiger charge is 2.41. The van der Waals surface area contributed by atoms with Gasteiger partial charge in [-0.05, 0) is 25.8 Å². The molecule has 7 heteroatoms. The number of hydrogen-bond acceptors (Lipinski definition) is 4. The Labute approximate surface area is 144 Å². The number of amides is 1. The van der Waals surface area contributed by atoms with Crippen molar-refractivity contribution in [2.24, 2.45) is 0 Å². The first kappa shape index (κ1) is 15.6. The lowest BCUT2D eigenvalue weighted by atomic mass is 10.1. The fraction of sp³-hybridized carbons (Fsp3) is 0.471. The van der Waals surface area contributed by atoms with Gasteiger partial charge < -0.3 is 14.2 Å². The Morgan fingerprint density at radius 3 is 2.75 bits per heavy atom. The molecule has 0 spiro atoms. The van der Waals surface area contributed by atoms with E-state index in [0.717, 1.165) is 12.8 Å². The minimum Gasteiger partial charge on any atom is -0.377 e. The molecular formula is C17H18ClN3O3. The summed E-state index contributed by atoms with van der Waals surface area (Å²) in [7, 11) is 0. The molecule has 4 heterocycles. The third-order valence-electron chi connectivity index (χ3n) is 4.98. The number of carbonyl (C=O) groups is 1. The van der Waals surface area contributed by atoms with Gasteiger partial charge in [-0.2, -0.15) is 0 Å². The van der Waals surface area contributed by atoms with Gasteiger partial charge in [0.25, 0.3) is 5.91 Å². The number of rotatable bonds is 2. The highest BCUT2D eigenvalue weighted by molar-refractivity contribution is 6.30. The van der Waals surface area contributed by atoms with Crippen molar-refractivity contribution in [1.82, 2.24) is 14.5 Å². The van der Waals surface area contributed by atoms with Gasteiger partial charge in [0.05, 0.1) is 42.4 Å². The molecule has 0 aliphatic carbocycles. The standard InChI is InChI=1S/C17H18ClN3O3/c1-2-20-7-13(16(22)12-5-15(18)19-6-14(12)20)17(23)21-10-3-4-11(21)9-24-8-10/h5-7,10-11H,2-4,8-9H2,1H3. The first-order valence-electron chi connectivity index (χ1n) is 8.19. The normalized spacial score (nSPS) is 23.0. The maximum Gasteiger partial charge on any atom is 0.260 e. The molecule has 2 aromatic rings. The van der Waals surface area contributed by atoms with Crippen molar-refractivity contribution >= 4 is 28.4 Å². The molecule has 6 nitrogen and oxygen atoms in total. The molecular weight excluding hydrogens is 330 g/mol. The van der Waals surface area contributed by atoms with Crippen LogP contribution in [-0.2, 0) is 11.3 Å². The van der Waals surface area contributed by atoms with Crippen LogP contribution < -0.4 is 5.43 Å². The molecule has 2 aliphatic heterocycles. The molecule has 0 aromatic carbocycles. The molecule has 2 unspecified atom stereocenters. The van der Waals surface area contributed by atoms with Crippen LogP contribution in [0.2, 0.25) is 5.15 Å². The van der Waals surface area contributed by atoms with E-state index in [9.17, 15) is 9.59 Å². The third kappa shape index (κ3) is 2.32. The zero-order valence-electron chi connectivity index (χ0n) is 13.4. The highest BCUT2D eigenvalue weighted by Crippen LogP contribution is 2.30. The molecule has 4 rings (SSSR count). The van der Waals surface area contributed by atoms with Crippen molar-refractivity contribution in [3.63, 3.8) is 0 Å². The van der Waals surface area contributed by atoms with Gasteiger partial charge >= 0.3 is 0 Å². The van der Waals surface area contributed by atoms with E-state index in [1.807, 2.05) is 16.4 Å². The second-order valence-electron chi connectivity index (χ2n) is 6.32. The minimum atomic E-state index is -0.283. The lowest BCUT2D eigenvalue weighted by Gasteiger charge is -2.34. The number of aromatic nitrogens is 2. The number of pyridine rings is 2. The van der Waals surface area contributed by atoms with Crippen LogP contribution in [-0.4, -0.2) is 45.7 Å². The molecule has 126 valence electrons. The molecule has 2 aromatic heterocycles. The van der Waals surface area contributed by atoms with Gasteiger partial charge in [-0.3, -0.25) is 9.59 Å². The number of morpholine rings is 1. The van der Waals surface area contributed by atoms with E-state index in [4.69, 9.17) is 16.3 Å². The fourth-order valence-corrected chi connectivity index (χ4v) is 3.93. The second kappa shape index (κ2) is 5.86. The van der Waals surface area contributed by atoms with Gasteiger partial charge in [-0.25, -0.2) is 4.98 Å². The number of hydrogen-bond donors (Lipinski definition) is 0.